The Morgan fingerprint density at radius 3 is 2.64 bits per heavy atom. The number of methoxy groups -OCH3 is 1. The Morgan fingerprint density at radius 2 is 2.05 bits per heavy atom. The largest absolute Gasteiger partial charge is 0.383 e. The first kappa shape index (κ1) is 20.0. The number of halogens is 1. The van der Waals surface area contributed by atoms with Gasteiger partial charge in [0.15, 0.2) is 5.96 Å². The van der Waals surface area contributed by atoms with Crippen molar-refractivity contribution in [1.29, 1.82) is 0 Å². The lowest BCUT2D eigenvalue weighted by molar-refractivity contribution is -0.139. The van der Waals surface area contributed by atoms with E-state index in [1.807, 2.05) is 6.92 Å². The molecule has 6 heteroatoms. The number of nitrogens with two attached hydrogens (primary N) is 1. The number of nitrogens with zero attached hydrogens (tertiary/aromatic N) is 1. The van der Waals surface area contributed by atoms with Crippen molar-refractivity contribution in [2.75, 3.05) is 20.3 Å². The van der Waals surface area contributed by atoms with Crippen molar-refractivity contribution in [1.82, 2.24) is 5.32 Å². The Labute approximate surface area is 151 Å². The molecule has 22 heavy (non-hydrogen) atoms. The second-order valence-corrected chi connectivity index (χ2v) is 6.50. The van der Waals surface area contributed by atoms with Gasteiger partial charge in [0.05, 0.1) is 18.8 Å². The van der Waals surface area contributed by atoms with Gasteiger partial charge < -0.3 is 20.5 Å². The van der Waals surface area contributed by atoms with Crippen molar-refractivity contribution < 1.29 is 9.47 Å². The van der Waals surface area contributed by atoms with Crippen molar-refractivity contribution in [3.63, 3.8) is 0 Å². The summed E-state index contributed by atoms with van der Waals surface area (Å²) in [6, 6.07) is 0.500. The van der Waals surface area contributed by atoms with Gasteiger partial charge in [-0.05, 0) is 33.1 Å². The molecule has 2 aliphatic carbocycles. The number of hydrogen-bond acceptors (Lipinski definition) is 3. The van der Waals surface area contributed by atoms with Gasteiger partial charge in [-0.2, -0.15) is 0 Å². The van der Waals surface area contributed by atoms with Crippen LogP contribution in [0.3, 0.4) is 0 Å². The van der Waals surface area contributed by atoms with Crippen molar-refractivity contribution >= 4 is 29.9 Å². The normalized spacial score (nSPS) is 28.6. The molecule has 0 saturated heterocycles. The van der Waals surface area contributed by atoms with Crippen LogP contribution in [0.5, 0.6) is 0 Å². The molecule has 0 radical (unpaired) electrons. The molecule has 0 bridgehead atoms. The monoisotopic (exact) mass is 425 g/mol. The molecule has 0 aromatic carbocycles. The highest BCUT2D eigenvalue weighted by Crippen LogP contribution is 2.54. The Bertz CT molecular complexity index is 359. The maximum absolute atomic E-state index is 6.07. The molecule has 3 atom stereocenters. The minimum absolute atomic E-state index is 0. The van der Waals surface area contributed by atoms with Gasteiger partial charge in [-0.25, -0.2) is 4.99 Å². The van der Waals surface area contributed by atoms with Crippen molar-refractivity contribution in [3.05, 3.63) is 0 Å². The second kappa shape index (κ2) is 9.27. The number of rotatable bonds is 6. The number of aliphatic imine (C=N–C) groups is 1. The third-order valence-corrected chi connectivity index (χ3v) is 5.00. The highest BCUT2D eigenvalue weighted by Gasteiger charge is 2.55. The van der Waals surface area contributed by atoms with Crippen LogP contribution < -0.4 is 11.1 Å². The topological polar surface area (TPSA) is 68.9 Å². The third-order valence-electron chi connectivity index (χ3n) is 5.00. The van der Waals surface area contributed by atoms with E-state index in [1.165, 1.54) is 32.1 Å². The molecule has 2 rings (SSSR count). The van der Waals surface area contributed by atoms with E-state index in [0.29, 0.717) is 24.7 Å². The van der Waals surface area contributed by atoms with Crippen LogP contribution in [-0.2, 0) is 9.47 Å². The predicted octanol–water partition coefficient (Wildman–Crippen LogP) is 2.67. The Morgan fingerprint density at radius 1 is 1.36 bits per heavy atom. The lowest BCUT2D eigenvalue weighted by atomic mass is 9.55. The number of hydrogen-bond donors (Lipinski definition) is 2. The summed E-state index contributed by atoms with van der Waals surface area (Å²) in [5, 5.41) is 3.21. The van der Waals surface area contributed by atoms with E-state index in [4.69, 9.17) is 20.2 Å². The first-order chi connectivity index (χ1) is 10.1. The van der Waals surface area contributed by atoms with Gasteiger partial charge in [-0.15, -0.1) is 24.0 Å². The van der Waals surface area contributed by atoms with Crippen molar-refractivity contribution in [3.8, 4) is 0 Å². The fraction of sp³-hybridized carbons (Fsp3) is 0.938. The zero-order valence-electron chi connectivity index (χ0n) is 14.1. The Hall–Kier alpha value is -0.0800. The van der Waals surface area contributed by atoms with Gasteiger partial charge >= 0.3 is 0 Å². The molecule has 2 saturated carbocycles. The molecule has 130 valence electrons. The first-order valence-electron chi connectivity index (χ1n) is 8.32. The molecule has 5 nitrogen and oxygen atoms in total. The summed E-state index contributed by atoms with van der Waals surface area (Å²) in [5.41, 5.74) is 6.31. The quantitative estimate of drug-likeness (QED) is 0.390. The minimum Gasteiger partial charge on any atom is -0.383 e. The van der Waals surface area contributed by atoms with E-state index < -0.39 is 0 Å². The van der Waals surface area contributed by atoms with Crippen LogP contribution in [0.15, 0.2) is 4.99 Å². The van der Waals surface area contributed by atoms with Crippen LogP contribution in [0.4, 0.5) is 0 Å². The summed E-state index contributed by atoms with van der Waals surface area (Å²) >= 11 is 0. The Balaban J connectivity index is 0.00000242. The van der Waals surface area contributed by atoms with Crippen LogP contribution in [0.1, 0.15) is 52.4 Å². The van der Waals surface area contributed by atoms with Gasteiger partial charge in [-0.1, -0.05) is 19.3 Å². The molecule has 0 aliphatic heterocycles. The summed E-state index contributed by atoms with van der Waals surface area (Å²) in [4.78, 5) is 4.76. The van der Waals surface area contributed by atoms with E-state index >= 15 is 0 Å². The predicted molar refractivity (Wildman–Crippen MR) is 101 cm³/mol. The van der Waals surface area contributed by atoms with Gasteiger partial charge in [0.1, 0.15) is 0 Å². The van der Waals surface area contributed by atoms with E-state index in [-0.39, 0.29) is 35.4 Å². The summed E-state index contributed by atoms with van der Waals surface area (Å²) < 4.78 is 11.1. The molecule has 3 N–H and O–H groups in total. The van der Waals surface area contributed by atoms with Crippen LogP contribution >= 0.6 is 24.0 Å². The average molecular weight is 425 g/mol. The van der Waals surface area contributed by atoms with Gasteiger partial charge in [0.25, 0.3) is 0 Å². The van der Waals surface area contributed by atoms with E-state index in [9.17, 15) is 0 Å². The number of nitrogens with one attached hydrogen (secondary N) is 1. The van der Waals surface area contributed by atoms with Crippen LogP contribution in [0, 0.1) is 5.41 Å². The zero-order chi connectivity index (χ0) is 15.3. The average Bonchev–Trinajstić information content (AvgIpc) is 2.47. The summed E-state index contributed by atoms with van der Waals surface area (Å²) in [6.45, 7) is 5.55. The second-order valence-electron chi connectivity index (χ2n) is 6.50. The first-order valence-corrected chi connectivity index (χ1v) is 8.32. The summed E-state index contributed by atoms with van der Waals surface area (Å²) in [5.74, 6) is 0.546. The third kappa shape index (κ3) is 4.47. The number of guanidine groups is 1. The summed E-state index contributed by atoms with van der Waals surface area (Å²) in [6.07, 6.45) is 7.77. The Kier molecular flexibility index (Phi) is 8.42. The smallest absolute Gasteiger partial charge is 0.189 e. The molecule has 2 fully saturated rings. The molecular formula is C16H32IN3O2. The molecule has 0 aromatic rings. The lowest BCUT2D eigenvalue weighted by Crippen LogP contribution is -2.59. The molecular weight excluding hydrogens is 393 g/mol. The van der Waals surface area contributed by atoms with Crippen LogP contribution in [0.2, 0.25) is 0 Å². The fourth-order valence-corrected chi connectivity index (χ4v) is 3.96. The minimum atomic E-state index is 0. The maximum atomic E-state index is 6.07. The van der Waals surface area contributed by atoms with Crippen LogP contribution in [0.25, 0.3) is 0 Å². The van der Waals surface area contributed by atoms with E-state index in [2.05, 4.69) is 12.2 Å². The zero-order valence-corrected chi connectivity index (χ0v) is 16.5. The standard InChI is InChI=1S/C16H31N3O2.HI/c1-4-21-14-10-13(16(14)8-6-5-7-9-16)19-15(17)18-12(2)11-20-3;/h12-14H,4-11H2,1-3H3,(H3,17,18,19);1H. The number of ether oxygens (including phenoxy) is 2. The van der Waals surface area contributed by atoms with Crippen molar-refractivity contribution in [2.45, 2.75) is 70.6 Å². The molecule has 2 aliphatic rings. The molecule has 1 spiro atoms. The van der Waals surface area contributed by atoms with Crippen molar-refractivity contribution in [2.24, 2.45) is 16.1 Å². The van der Waals surface area contributed by atoms with Gasteiger partial charge in [-0.3, -0.25) is 0 Å². The highest BCUT2D eigenvalue weighted by atomic mass is 127. The maximum Gasteiger partial charge on any atom is 0.189 e. The van der Waals surface area contributed by atoms with E-state index in [0.717, 1.165) is 13.0 Å². The highest BCUT2D eigenvalue weighted by molar-refractivity contribution is 14.0. The molecule has 0 amide bonds. The molecule has 0 aromatic heterocycles. The SMILES string of the molecule is CCOC1CC(N=C(N)NC(C)COC)C12CCCCC2.I. The molecule has 0 heterocycles. The van der Waals surface area contributed by atoms with Gasteiger partial charge in [0, 0.05) is 25.2 Å². The van der Waals surface area contributed by atoms with Crippen LogP contribution in [-0.4, -0.2) is 44.5 Å². The van der Waals surface area contributed by atoms with E-state index in [1.54, 1.807) is 7.11 Å². The van der Waals surface area contributed by atoms with Gasteiger partial charge in [0.2, 0.25) is 0 Å². The molecule has 3 unspecified atom stereocenters. The summed E-state index contributed by atoms with van der Waals surface area (Å²) in [7, 11) is 1.70. The lowest BCUT2D eigenvalue weighted by Gasteiger charge is -2.56. The fourth-order valence-electron chi connectivity index (χ4n) is 3.96.